The molecule has 0 saturated carbocycles. The van der Waals surface area contributed by atoms with Crippen LogP contribution in [0.3, 0.4) is 0 Å². The Morgan fingerprint density at radius 2 is 2.03 bits per heavy atom. The van der Waals surface area contributed by atoms with Crippen LogP contribution in [0.25, 0.3) is 5.78 Å². The van der Waals surface area contributed by atoms with E-state index in [-0.39, 0.29) is 29.7 Å². The van der Waals surface area contributed by atoms with Crippen molar-refractivity contribution in [3.8, 4) is 0 Å². The van der Waals surface area contributed by atoms with Crippen molar-refractivity contribution < 1.29 is 9.59 Å². The third-order valence-electron chi connectivity index (χ3n) is 6.43. The monoisotopic (exact) mass is 404 g/mol. The molecule has 0 spiro atoms. The van der Waals surface area contributed by atoms with E-state index in [1.807, 2.05) is 30.0 Å². The van der Waals surface area contributed by atoms with Crippen LogP contribution in [0.15, 0.2) is 48.8 Å². The molecule has 2 amide bonds. The smallest absolute Gasteiger partial charge is 0.294 e. The number of fused-ring (bicyclic) bond motifs is 3. The number of nitrogens with one attached hydrogen (secondary N) is 1. The van der Waals surface area contributed by atoms with Crippen molar-refractivity contribution in [2.24, 2.45) is 5.41 Å². The highest BCUT2D eigenvalue weighted by Gasteiger charge is 2.61. The Kier molecular flexibility index (Phi) is 4.49. The van der Waals surface area contributed by atoms with Gasteiger partial charge in [0.15, 0.2) is 0 Å². The molecule has 154 valence electrons. The number of hydrogen-bond donors (Lipinski definition) is 1. The summed E-state index contributed by atoms with van der Waals surface area (Å²) in [6.45, 7) is 2.50. The second-order valence-electron chi connectivity index (χ2n) is 8.14. The number of aromatic nitrogens is 4. The Hall–Kier alpha value is -3.29. The maximum absolute atomic E-state index is 13.4. The van der Waals surface area contributed by atoms with Crippen molar-refractivity contribution in [2.45, 2.75) is 44.7 Å². The van der Waals surface area contributed by atoms with E-state index >= 15 is 0 Å². The molecule has 4 heterocycles. The highest BCUT2D eigenvalue weighted by molar-refractivity contribution is 5.94. The van der Waals surface area contributed by atoms with Gasteiger partial charge in [0.05, 0.1) is 5.41 Å². The Balaban J connectivity index is 1.50. The van der Waals surface area contributed by atoms with Crippen LogP contribution in [-0.2, 0) is 11.2 Å². The molecule has 30 heavy (non-hydrogen) atoms. The summed E-state index contributed by atoms with van der Waals surface area (Å²) in [5.74, 6) is 0.347. The summed E-state index contributed by atoms with van der Waals surface area (Å²) in [6, 6.07) is 11.7. The van der Waals surface area contributed by atoms with E-state index in [9.17, 15) is 9.59 Å². The molecular formula is C22H24N6O2. The fourth-order valence-electron chi connectivity index (χ4n) is 5.24. The molecule has 1 N–H and O–H groups in total. The van der Waals surface area contributed by atoms with Crippen LogP contribution in [0.2, 0.25) is 0 Å². The molecule has 2 aliphatic heterocycles. The van der Waals surface area contributed by atoms with Gasteiger partial charge in [-0.25, -0.2) is 9.50 Å². The van der Waals surface area contributed by atoms with Gasteiger partial charge in [0.1, 0.15) is 0 Å². The standard InChI is InChI=1S/C22H24N6O2/c1-2-23-20(30)22(13-15-7-4-3-5-8-15)14-16-9-10-17(22)28(16)19(29)18-25-21-24-11-6-12-27(21)26-18/h3-8,11-12,16-17H,2,9-10,13-14H2,1H3,(H,23,30)/t16-,17+,22+/m1/s1. The molecule has 2 saturated heterocycles. The first-order chi connectivity index (χ1) is 14.6. The van der Waals surface area contributed by atoms with E-state index in [1.165, 1.54) is 4.52 Å². The maximum Gasteiger partial charge on any atom is 0.294 e. The number of amides is 2. The third kappa shape index (κ3) is 2.86. The van der Waals surface area contributed by atoms with E-state index in [4.69, 9.17) is 0 Å². The second kappa shape index (κ2) is 7.19. The first kappa shape index (κ1) is 18.7. The van der Waals surface area contributed by atoms with E-state index in [1.54, 1.807) is 18.5 Å². The average molecular weight is 404 g/mol. The summed E-state index contributed by atoms with van der Waals surface area (Å²) in [4.78, 5) is 37.1. The molecule has 1 aromatic carbocycles. The van der Waals surface area contributed by atoms with Crippen molar-refractivity contribution in [1.82, 2.24) is 29.8 Å². The van der Waals surface area contributed by atoms with Crippen LogP contribution in [0.1, 0.15) is 42.4 Å². The van der Waals surface area contributed by atoms with Gasteiger partial charge in [-0.3, -0.25) is 9.59 Å². The fraction of sp³-hybridized carbons (Fsp3) is 0.409. The molecule has 2 aromatic heterocycles. The summed E-state index contributed by atoms with van der Waals surface area (Å²) >= 11 is 0. The number of rotatable bonds is 5. The van der Waals surface area contributed by atoms with E-state index in [2.05, 4.69) is 32.5 Å². The molecule has 3 atom stereocenters. The summed E-state index contributed by atoms with van der Waals surface area (Å²) in [5, 5.41) is 7.35. The summed E-state index contributed by atoms with van der Waals surface area (Å²) in [6.07, 6.45) is 6.33. The normalized spacial score (nSPS) is 25.0. The van der Waals surface area contributed by atoms with Crippen LogP contribution in [0.4, 0.5) is 0 Å². The number of nitrogens with zero attached hydrogens (tertiary/aromatic N) is 5. The molecule has 3 aromatic rings. The van der Waals surface area contributed by atoms with Crippen LogP contribution in [0.5, 0.6) is 0 Å². The lowest BCUT2D eigenvalue weighted by Crippen LogP contribution is -2.51. The van der Waals surface area contributed by atoms with Crippen molar-refractivity contribution in [3.63, 3.8) is 0 Å². The predicted molar refractivity (Wildman–Crippen MR) is 110 cm³/mol. The zero-order valence-electron chi connectivity index (χ0n) is 16.9. The Labute approximate surface area is 174 Å². The third-order valence-corrected chi connectivity index (χ3v) is 6.43. The van der Waals surface area contributed by atoms with Gasteiger partial charge in [0.2, 0.25) is 11.7 Å². The van der Waals surface area contributed by atoms with Gasteiger partial charge in [-0.2, -0.15) is 4.98 Å². The summed E-state index contributed by atoms with van der Waals surface area (Å²) in [5.41, 5.74) is 0.478. The Morgan fingerprint density at radius 1 is 1.20 bits per heavy atom. The lowest BCUT2D eigenvalue weighted by molar-refractivity contribution is -0.132. The predicted octanol–water partition coefficient (Wildman–Crippen LogP) is 1.87. The molecule has 2 bridgehead atoms. The van der Waals surface area contributed by atoms with Gasteiger partial charge in [-0.05, 0) is 44.2 Å². The molecule has 2 aliphatic rings. The molecule has 8 nitrogen and oxygen atoms in total. The SMILES string of the molecule is CCNC(=O)[C@@]1(Cc2ccccc2)C[C@H]2CC[C@@H]1N2C(=O)c1nc2ncccn2n1. The van der Waals surface area contributed by atoms with E-state index < -0.39 is 5.41 Å². The number of carbonyl (C=O) groups is 2. The molecule has 0 aliphatic carbocycles. The van der Waals surface area contributed by atoms with Gasteiger partial charge in [0.25, 0.3) is 11.7 Å². The molecule has 5 rings (SSSR count). The topological polar surface area (TPSA) is 92.5 Å². The quantitative estimate of drug-likeness (QED) is 0.701. The fourth-order valence-corrected chi connectivity index (χ4v) is 5.24. The van der Waals surface area contributed by atoms with Crippen LogP contribution in [0, 0.1) is 5.41 Å². The van der Waals surface area contributed by atoms with Gasteiger partial charge in [-0.15, -0.1) is 5.10 Å². The lowest BCUT2D eigenvalue weighted by atomic mass is 9.69. The van der Waals surface area contributed by atoms with Gasteiger partial charge >= 0.3 is 0 Å². The minimum Gasteiger partial charge on any atom is -0.356 e. The Bertz CT molecular complexity index is 1060. The second-order valence-corrected chi connectivity index (χ2v) is 8.14. The minimum atomic E-state index is -0.632. The van der Waals surface area contributed by atoms with E-state index in [0.717, 1.165) is 18.4 Å². The van der Waals surface area contributed by atoms with E-state index in [0.29, 0.717) is 25.2 Å². The van der Waals surface area contributed by atoms with Crippen molar-refractivity contribution in [3.05, 3.63) is 60.2 Å². The Morgan fingerprint density at radius 3 is 2.80 bits per heavy atom. The molecule has 0 unspecified atom stereocenters. The summed E-state index contributed by atoms with van der Waals surface area (Å²) < 4.78 is 1.51. The van der Waals surface area contributed by atoms with Crippen LogP contribution >= 0.6 is 0 Å². The zero-order chi connectivity index (χ0) is 20.7. The highest BCUT2D eigenvalue weighted by Crippen LogP contribution is 2.52. The van der Waals surface area contributed by atoms with Crippen LogP contribution < -0.4 is 5.32 Å². The van der Waals surface area contributed by atoms with Crippen molar-refractivity contribution in [1.29, 1.82) is 0 Å². The maximum atomic E-state index is 13.4. The number of benzene rings is 1. The minimum absolute atomic E-state index is 0.0217. The first-order valence-corrected chi connectivity index (χ1v) is 10.4. The van der Waals surface area contributed by atoms with Gasteiger partial charge in [-0.1, -0.05) is 30.3 Å². The zero-order valence-corrected chi connectivity index (χ0v) is 16.9. The molecular weight excluding hydrogens is 380 g/mol. The average Bonchev–Trinajstić information content (AvgIpc) is 3.46. The number of hydrogen-bond acceptors (Lipinski definition) is 5. The molecule has 2 fully saturated rings. The van der Waals surface area contributed by atoms with Gasteiger partial charge in [0, 0.05) is 31.0 Å². The summed E-state index contributed by atoms with van der Waals surface area (Å²) in [7, 11) is 0. The van der Waals surface area contributed by atoms with Crippen molar-refractivity contribution in [2.75, 3.05) is 6.54 Å². The first-order valence-electron chi connectivity index (χ1n) is 10.4. The highest BCUT2D eigenvalue weighted by atomic mass is 16.2. The molecule has 8 heteroatoms. The van der Waals surface area contributed by atoms with Crippen molar-refractivity contribution >= 4 is 17.6 Å². The number of carbonyl (C=O) groups excluding carboxylic acids is 2. The van der Waals surface area contributed by atoms with Gasteiger partial charge < -0.3 is 10.2 Å². The van der Waals surface area contributed by atoms with Crippen LogP contribution in [-0.4, -0.2) is 54.9 Å². The lowest BCUT2D eigenvalue weighted by Gasteiger charge is -2.36. The largest absolute Gasteiger partial charge is 0.356 e. The molecule has 0 radical (unpaired) electrons.